The predicted molar refractivity (Wildman–Crippen MR) is 164 cm³/mol. The number of nitro groups is 3. The molecular weight excluding hydrogens is 588 g/mol. The van der Waals surface area contributed by atoms with Crippen LogP contribution in [0.5, 0.6) is 0 Å². The fourth-order valence-electron chi connectivity index (χ4n) is 4.91. The Balaban J connectivity index is 1.84. The first kappa shape index (κ1) is 31.4. The number of carbonyl (C=O) groups excluding carboxylic acids is 3. The van der Waals surface area contributed by atoms with Crippen molar-refractivity contribution in [2.45, 2.75) is 20.8 Å². The van der Waals surface area contributed by atoms with Crippen molar-refractivity contribution < 1.29 is 29.2 Å². The van der Waals surface area contributed by atoms with Crippen LogP contribution in [0.25, 0.3) is 0 Å². The van der Waals surface area contributed by atoms with Gasteiger partial charge in [0.1, 0.15) is 0 Å². The Morgan fingerprint density at radius 1 is 0.489 bits per heavy atom. The van der Waals surface area contributed by atoms with Crippen LogP contribution >= 0.6 is 0 Å². The van der Waals surface area contributed by atoms with Crippen LogP contribution in [0.3, 0.4) is 0 Å². The summed E-state index contributed by atoms with van der Waals surface area (Å²) >= 11 is 0. The molecule has 0 fully saturated rings. The van der Waals surface area contributed by atoms with E-state index in [1.54, 1.807) is 0 Å². The summed E-state index contributed by atoms with van der Waals surface area (Å²) in [5.41, 5.74) is -0.372. The Morgan fingerprint density at radius 3 is 0.956 bits per heavy atom. The van der Waals surface area contributed by atoms with E-state index in [1.165, 1.54) is 75.4 Å². The van der Waals surface area contributed by atoms with Gasteiger partial charge in [0.15, 0.2) is 0 Å². The molecule has 0 unspecified atom stereocenters. The quantitative estimate of drug-likeness (QED) is 0.147. The minimum absolute atomic E-state index is 0.0822. The summed E-state index contributed by atoms with van der Waals surface area (Å²) in [6.45, 7) is 4.44. The van der Waals surface area contributed by atoms with Gasteiger partial charge in [0.05, 0.1) is 14.8 Å². The predicted octanol–water partition coefficient (Wildman–Crippen LogP) is 6.09. The van der Waals surface area contributed by atoms with Crippen molar-refractivity contribution in [3.05, 3.63) is 137 Å². The number of nitrogens with zero attached hydrogens (tertiary/aromatic N) is 3. The Labute approximate surface area is 254 Å². The van der Waals surface area contributed by atoms with Gasteiger partial charge in [-0.15, -0.1) is 0 Å². The van der Waals surface area contributed by atoms with E-state index in [9.17, 15) is 44.7 Å². The molecule has 15 nitrogen and oxygen atoms in total. The maximum atomic E-state index is 13.7. The standard InChI is InChI=1S/C30H24N6O9/c1-16-25(28(37)31-19-7-4-10-22(13-19)34(40)41)17(2)27(30(39)33-21-9-6-12-24(15-21)36(44)45)18(3)26(16)29(38)32-20-8-5-11-23(14-20)35(42)43/h4-15H,1-3H3,(H,31,37)(H,32,38)(H,33,39). The Morgan fingerprint density at radius 2 is 0.733 bits per heavy atom. The summed E-state index contributed by atoms with van der Waals surface area (Å²) in [6.07, 6.45) is 0. The molecule has 0 radical (unpaired) electrons. The van der Waals surface area contributed by atoms with Crippen LogP contribution in [0, 0.1) is 51.1 Å². The van der Waals surface area contributed by atoms with E-state index in [0.717, 1.165) is 18.2 Å². The first-order valence-corrected chi connectivity index (χ1v) is 13.1. The molecule has 0 spiro atoms. The lowest BCUT2D eigenvalue weighted by Gasteiger charge is -2.21. The number of hydrogen-bond donors (Lipinski definition) is 3. The molecule has 3 amide bonds. The van der Waals surface area contributed by atoms with Gasteiger partial charge in [-0.2, -0.15) is 0 Å². The molecule has 0 aliphatic carbocycles. The van der Waals surface area contributed by atoms with Gasteiger partial charge in [-0.25, -0.2) is 0 Å². The number of nitro benzene ring substituents is 3. The van der Waals surface area contributed by atoms with Crippen molar-refractivity contribution in [3.63, 3.8) is 0 Å². The van der Waals surface area contributed by atoms with Crippen molar-refractivity contribution >= 4 is 51.8 Å². The number of non-ortho nitro benzene ring substituents is 3. The summed E-state index contributed by atoms with van der Waals surface area (Å²) < 4.78 is 0. The highest BCUT2D eigenvalue weighted by Crippen LogP contribution is 2.31. The smallest absolute Gasteiger partial charge is 0.271 e. The fraction of sp³-hybridized carbons (Fsp3) is 0.100. The van der Waals surface area contributed by atoms with Crippen molar-refractivity contribution in [3.8, 4) is 0 Å². The van der Waals surface area contributed by atoms with Crippen molar-refractivity contribution in [1.29, 1.82) is 0 Å². The molecule has 4 rings (SSSR count). The molecule has 228 valence electrons. The normalized spacial score (nSPS) is 10.5. The maximum absolute atomic E-state index is 13.7. The molecule has 0 aliphatic heterocycles. The zero-order valence-corrected chi connectivity index (χ0v) is 23.9. The highest BCUT2D eigenvalue weighted by Gasteiger charge is 2.29. The van der Waals surface area contributed by atoms with E-state index in [2.05, 4.69) is 16.0 Å². The molecular formula is C30H24N6O9. The largest absolute Gasteiger partial charge is 0.322 e. The van der Waals surface area contributed by atoms with Crippen molar-refractivity contribution in [2.24, 2.45) is 0 Å². The van der Waals surface area contributed by atoms with E-state index in [-0.39, 0.29) is 67.5 Å². The topological polar surface area (TPSA) is 217 Å². The molecule has 15 heteroatoms. The molecule has 4 aromatic rings. The fourth-order valence-corrected chi connectivity index (χ4v) is 4.91. The number of hydrogen-bond acceptors (Lipinski definition) is 9. The van der Waals surface area contributed by atoms with Crippen LogP contribution < -0.4 is 16.0 Å². The second-order valence-electron chi connectivity index (χ2n) is 9.78. The van der Waals surface area contributed by atoms with Gasteiger partial charge < -0.3 is 16.0 Å². The highest BCUT2D eigenvalue weighted by atomic mass is 16.6. The molecule has 45 heavy (non-hydrogen) atoms. The highest BCUT2D eigenvalue weighted by molar-refractivity contribution is 6.17. The minimum Gasteiger partial charge on any atom is -0.322 e. The molecule has 0 saturated carbocycles. The summed E-state index contributed by atoms with van der Waals surface area (Å²) in [6, 6.07) is 15.5. The van der Waals surface area contributed by atoms with Gasteiger partial charge in [-0.05, 0) is 55.7 Å². The summed E-state index contributed by atoms with van der Waals surface area (Å²) in [4.78, 5) is 72.8. The zero-order chi connectivity index (χ0) is 33.0. The van der Waals surface area contributed by atoms with E-state index in [4.69, 9.17) is 0 Å². The molecule has 0 saturated heterocycles. The van der Waals surface area contributed by atoms with Crippen LogP contribution in [0.1, 0.15) is 47.8 Å². The molecule has 0 bridgehead atoms. The SMILES string of the molecule is Cc1c(C(=O)Nc2cccc([N+](=O)[O-])c2)c(C)c(C(=O)Nc2cccc([N+](=O)[O-])c2)c(C)c1C(=O)Nc1cccc([N+](=O)[O-])c1. The summed E-state index contributed by atoms with van der Waals surface area (Å²) in [5, 5.41) is 41.4. The van der Waals surface area contributed by atoms with Gasteiger partial charge in [0.25, 0.3) is 34.8 Å². The number of benzene rings is 4. The van der Waals surface area contributed by atoms with E-state index < -0.39 is 32.5 Å². The van der Waals surface area contributed by atoms with Crippen LogP contribution in [-0.2, 0) is 0 Å². The third-order valence-corrected chi connectivity index (χ3v) is 6.88. The van der Waals surface area contributed by atoms with Crippen LogP contribution in [0.2, 0.25) is 0 Å². The molecule has 0 atom stereocenters. The Kier molecular flexibility index (Phi) is 8.93. The van der Waals surface area contributed by atoms with Gasteiger partial charge in [-0.3, -0.25) is 44.7 Å². The first-order valence-electron chi connectivity index (χ1n) is 13.1. The first-order chi connectivity index (χ1) is 21.3. The van der Waals surface area contributed by atoms with Crippen LogP contribution in [0.4, 0.5) is 34.1 Å². The van der Waals surface area contributed by atoms with Gasteiger partial charge in [0.2, 0.25) is 0 Å². The average molecular weight is 613 g/mol. The average Bonchev–Trinajstić information content (AvgIpc) is 2.97. The number of anilines is 3. The lowest BCUT2D eigenvalue weighted by Crippen LogP contribution is -2.25. The monoisotopic (exact) mass is 612 g/mol. The number of amides is 3. The maximum Gasteiger partial charge on any atom is 0.271 e. The second-order valence-corrected chi connectivity index (χ2v) is 9.78. The molecule has 0 heterocycles. The molecule has 0 aliphatic rings. The van der Waals surface area contributed by atoms with Gasteiger partial charge in [0, 0.05) is 70.2 Å². The third-order valence-electron chi connectivity index (χ3n) is 6.88. The lowest BCUT2D eigenvalue weighted by atomic mass is 9.86. The zero-order valence-electron chi connectivity index (χ0n) is 23.9. The Hall–Kier alpha value is -6.51. The van der Waals surface area contributed by atoms with E-state index >= 15 is 0 Å². The summed E-state index contributed by atoms with van der Waals surface area (Å²) in [7, 11) is 0. The summed E-state index contributed by atoms with van der Waals surface area (Å²) in [5.74, 6) is -2.34. The van der Waals surface area contributed by atoms with Gasteiger partial charge in [-0.1, -0.05) is 18.2 Å². The van der Waals surface area contributed by atoms with E-state index in [0.29, 0.717) is 0 Å². The third kappa shape index (κ3) is 6.77. The lowest BCUT2D eigenvalue weighted by molar-refractivity contribution is -0.385. The van der Waals surface area contributed by atoms with Crippen molar-refractivity contribution in [2.75, 3.05) is 16.0 Å². The van der Waals surface area contributed by atoms with Crippen LogP contribution in [-0.4, -0.2) is 32.5 Å². The Bertz CT molecular complexity index is 1680. The second kappa shape index (κ2) is 12.8. The number of carbonyl (C=O) groups is 3. The number of nitrogens with one attached hydrogen (secondary N) is 3. The minimum atomic E-state index is -0.778. The number of rotatable bonds is 9. The molecule has 3 N–H and O–H groups in total. The van der Waals surface area contributed by atoms with Crippen LogP contribution in [0.15, 0.2) is 72.8 Å². The molecule has 4 aromatic carbocycles. The van der Waals surface area contributed by atoms with Crippen molar-refractivity contribution in [1.82, 2.24) is 0 Å². The van der Waals surface area contributed by atoms with Gasteiger partial charge >= 0.3 is 0 Å². The van der Waals surface area contributed by atoms with E-state index in [1.807, 2.05) is 0 Å². The molecule has 0 aromatic heterocycles.